The van der Waals surface area contributed by atoms with Crippen molar-refractivity contribution >= 4 is 23.3 Å². The van der Waals surface area contributed by atoms with Crippen LogP contribution in [0.15, 0.2) is 77.2 Å². The van der Waals surface area contributed by atoms with Crippen molar-refractivity contribution in [1.82, 2.24) is 10.2 Å². The second-order valence-corrected chi connectivity index (χ2v) is 7.19. The molecule has 182 valence electrons. The highest BCUT2D eigenvalue weighted by atomic mass is 19.1. The van der Waals surface area contributed by atoms with Gasteiger partial charge in [-0.3, -0.25) is 14.9 Å². The third-order valence-corrected chi connectivity index (χ3v) is 4.73. The molecule has 0 aliphatic rings. The van der Waals surface area contributed by atoms with E-state index in [0.717, 1.165) is 0 Å². The van der Waals surface area contributed by atoms with Crippen LogP contribution in [0.5, 0.6) is 5.75 Å². The van der Waals surface area contributed by atoms with Gasteiger partial charge in [0.15, 0.2) is 13.2 Å². The van der Waals surface area contributed by atoms with Gasteiger partial charge in [0.1, 0.15) is 17.1 Å². The Hall–Kier alpha value is -5.13. The van der Waals surface area contributed by atoms with Crippen molar-refractivity contribution in [3.63, 3.8) is 0 Å². The third-order valence-electron chi connectivity index (χ3n) is 4.73. The Morgan fingerprint density at radius 2 is 1.72 bits per heavy atom. The number of nitrogens with one attached hydrogen (secondary N) is 1. The molecule has 1 amide bonds. The number of para-hydroxylation sites is 2. The van der Waals surface area contributed by atoms with Crippen LogP contribution < -0.4 is 10.1 Å². The average molecular weight is 492 g/mol. The Kier molecular flexibility index (Phi) is 7.25. The van der Waals surface area contributed by atoms with Gasteiger partial charge in [-0.2, -0.15) is 0 Å². The molecule has 1 heterocycles. The summed E-state index contributed by atoms with van der Waals surface area (Å²) in [6, 6.07) is 17.3. The summed E-state index contributed by atoms with van der Waals surface area (Å²) in [5.74, 6) is -1.79. The minimum absolute atomic E-state index is 0.000585. The van der Waals surface area contributed by atoms with Crippen molar-refractivity contribution in [2.45, 2.75) is 6.61 Å². The van der Waals surface area contributed by atoms with Crippen LogP contribution in [-0.4, -0.2) is 33.6 Å². The second kappa shape index (κ2) is 10.9. The first kappa shape index (κ1) is 24.0. The SMILES string of the molecule is O=C(COc1ccccc1C(=O)OCc1nnc(-c2ccc([N+](=O)[O-])cc2)o1)Nc1ccccc1F. The third kappa shape index (κ3) is 5.86. The van der Waals surface area contributed by atoms with E-state index in [9.17, 15) is 24.1 Å². The molecule has 0 spiro atoms. The number of nitro benzene ring substituents is 1. The zero-order valence-corrected chi connectivity index (χ0v) is 18.4. The normalized spacial score (nSPS) is 10.5. The fourth-order valence-corrected chi connectivity index (χ4v) is 3.01. The lowest BCUT2D eigenvalue weighted by Gasteiger charge is -2.11. The van der Waals surface area contributed by atoms with Crippen LogP contribution in [0, 0.1) is 15.9 Å². The van der Waals surface area contributed by atoms with E-state index in [-0.39, 0.29) is 41.1 Å². The van der Waals surface area contributed by atoms with Gasteiger partial charge in [-0.1, -0.05) is 24.3 Å². The predicted octanol–water partition coefficient (Wildman–Crippen LogP) is 4.16. The highest BCUT2D eigenvalue weighted by Crippen LogP contribution is 2.23. The number of ether oxygens (including phenoxy) is 2. The number of hydrogen-bond donors (Lipinski definition) is 1. The molecule has 1 aromatic heterocycles. The average Bonchev–Trinajstić information content (AvgIpc) is 3.37. The lowest BCUT2D eigenvalue weighted by atomic mass is 10.2. The molecule has 1 N–H and O–H groups in total. The quantitative estimate of drug-likeness (QED) is 0.207. The molecule has 4 rings (SSSR count). The molecular weight excluding hydrogens is 475 g/mol. The largest absolute Gasteiger partial charge is 0.483 e. The first-order valence-electron chi connectivity index (χ1n) is 10.4. The molecule has 0 saturated carbocycles. The summed E-state index contributed by atoms with van der Waals surface area (Å²) < 4.78 is 29.8. The fourth-order valence-electron chi connectivity index (χ4n) is 3.01. The van der Waals surface area contributed by atoms with Gasteiger partial charge in [-0.05, 0) is 36.4 Å². The van der Waals surface area contributed by atoms with Crippen LogP contribution in [0.2, 0.25) is 0 Å². The van der Waals surface area contributed by atoms with Gasteiger partial charge >= 0.3 is 5.97 Å². The maximum Gasteiger partial charge on any atom is 0.342 e. The number of benzene rings is 3. The molecule has 0 unspecified atom stereocenters. The molecule has 0 saturated heterocycles. The lowest BCUT2D eigenvalue weighted by molar-refractivity contribution is -0.384. The number of halogens is 1. The van der Waals surface area contributed by atoms with Crippen molar-refractivity contribution in [3.05, 3.63) is 100 Å². The molecule has 0 bridgehead atoms. The topological polar surface area (TPSA) is 147 Å². The Bertz CT molecular complexity index is 1410. The number of carbonyl (C=O) groups is 2. The van der Waals surface area contributed by atoms with Crippen LogP contribution in [-0.2, 0) is 16.1 Å². The Morgan fingerprint density at radius 3 is 2.47 bits per heavy atom. The first-order chi connectivity index (χ1) is 17.4. The predicted molar refractivity (Wildman–Crippen MR) is 122 cm³/mol. The molecule has 36 heavy (non-hydrogen) atoms. The highest BCUT2D eigenvalue weighted by molar-refractivity contribution is 5.94. The van der Waals surface area contributed by atoms with Crippen LogP contribution in [0.3, 0.4) is 0 Å². The maximum absolute atomic E-state index is 13.7. The van der Waals surface area contributed by atoms with Crippen LogP contribution in [0.4, 0.5) is 15.8 Å². The van der Waals surface area contributed by atoms with Gasteiger partial charge in [0, 0.05) is 17.7 Å². The van der Waals surface area contributed by atoms with Crippen LogP contribution in [0.25, 0.3) is 11.5 Å². The number of hydrogen-bond acceptors (Lipinski definition) is 9. The van der Waals surface area contributed by atoms with Crippen molar-refractivity contribution in [1.29, 1.82) is 0 Å². The Balaban J connectivity index is 1.34. The van der Waals surface area contributed by atoms with Gasteiger partial charge in [-0.15, -0.1) is 10.2 Å². The molecule has 0 fully saturated rings. The van der Waals surface area contributed by atoms with Crippen LogP contribution in [0.1, 0.15) is 16.2 Å². The first-order valence-corrected chi connectivity index (χ1v) is 10.4. The summed E-state index contributed by atoms with van der Waals surface area (Å²) in [6.07, 6.45) is 0. The van der Waals surface area contributed by atoms with E-state index in [0.29, 0.717) is 5.56 Å². The minimum atomic E-state index is -0.768. The van der Waals surface area contributed by atoms with Crippen LogP contribution >= 0.6 is 0 Å². The summed E-state index contributed by atoms with van der Waals surface area (Å²) in [6.45, 7) is -0.818. The van der Waals surface area contributed by atoms with Gasteiger partial charge in [0.25, 0.3) is 17.5 Å². The number of nitrogens with zero attached hydrogens (tertiary/aromatic N) is 3. The van der Waals surface area contributed by atoms with E-state index in [4.69, 9.17) is 13.9 Å². The monoisotopic (exact) mass is 492 g/mol. The number of carbonyl (C=O) groups excluding carboxylic acids is 2. The van der Waals surface area contributed by atoms with Crippen molar-refractivity contribution in [2.24, 2.45) is 0 Å². The Labute approximate surface area is 202 Å². The lowest BCUT2D eigenvalue weighted by Crippen LogP contribution is -2.21. The number of nitro groups is 1. The van der Waals surface area contributed by atoms with Gasteiger partial charge in [0.2, 0.25) is 5.89 Å². The van der Waals surface area contributed by atoms with E-state index < -0.39 is 29.2 Å². The molecule has 4 aromatic rings. The molecule has 11 nitrogen and oxygen atoms in total. The van der Waals surface area contributed by atoms with Gasteiger partial charge in [-0.25, -0.2) is 9.18 Å². The zero-order chi connectivity index (χ0) is 25.5. The van der Waals surface area contributed by atoms with E-state index in [2.05, 4.69) is 15.5 Å². The van der Waals surface area contributed by atoms with Crippen molar-refractivity contribution < 1.29 is 32.8 Å². The summed E-state index contributed by atoms with van der Waals surface area (Å²) >= 11 is 0. The van der Waals surface area contributed by atoms with E-state index in [1.807, 2.05) is 0 Å². The number of esters is 1. The summed E-state index contributed by atoms with van der Waals surface area (Å²) in [7, 11) is 0. The van der Waals surface area contributed by atoms with Crippen molar-refractivity contribution in [2.75, 3.05) is 11.9 Å². The Morgan fingerprint density at radius 1 is 1.00 bits per heavy atom. The molecule has 0 aliphatic carbocycles. The van der Waals surface area contributed by atoms with E-state index >= 15 is 0 Å². The summed E-state index contributed by atoms with van der Waals surface area (Å²) in [5.41, 5.74) is 0.425. The molecule has 0 aliphatic heterocycles. The van der Waals surface area contributed by atoms with Crippen molar-refractivity contribution in [3.8, 4) is 17.2 Å². The fraction of sp³-hybridized carbons (Fsp3) is 0.0833. The van der Waals surface area contributed by atoms with Gasteiger partial charge in [0.05, 0.1) is 10.6 Å². The smallest absolute Gasteiger partial charge is 0.342 e. The molecule has 12 heteroatoms. The number of non-ortho nitro benzene ring substituents is 1. The number of amides is 1. The van der Waals surface area contributed by atoms with E-state index in [1.165, 1.54) is 54.6 Å². The minimum Gasteiger partial charge on any atom is -0.483 e. The number of rotatable bonds is 9. The standard InChI is InChI=1S/C24H17FN4O7/c25-18-6-2-3-7-19(18)26-21(30)13-34-20-8-4-1-5-17(20)24(31)35-14-22-27-28-23(36-22)15-9-11-16(12-10-15)29(32)33/h1-12H,13-14H2,(H,26,30). The molecule has 3 aromatic carbocycles. The number of aromatic nitrogens is 2. The number of anilines is 1. The second-order valence-electron chi connectivity index (χ2n) is 7.19. The zero-order valence-electron chi connectivity index (χ0n) is 18.4. The van der Waals surface area contributed by atoms with E-state index in [1.54, 1.807) is 18.2 Å². The molecule has 0 atom stereocenters. The molecular formula is C24H17FN4O7. The maximum atomic E-state index is 13.7. The summed E-state index contributed by atoms with van der Waals surface area (Å²) in [4.78, 5) is 35.0. The molecule has 0 radical (unpaired) electrons. The summed E-state index contributed by atoms with van der Waals surface area (Å²) in [5, 5.41) is 20.8. The highest BCUT2D eigenvalue weighted by Gasteiger charge is 2.17. The van der Waals surface area contributed by atoms with Gasteiger partial charge < -0.3 is 19.2 Å².